The molecule has 5 nitrogen and oxygen atoms in total. The second kappa shape index (κ2) is 5.18. The van der Waals surface area contributed by atoms with Crippen molar-refractivity contribution in [2.75, 3.05) is 0 Å². The third-order valence-electron chi connectivity index (χ3n) is 3.31. The minimum absolute atomic E-state index is 0.216. The van der Waals surface area contributed by atoms with Gasteiger partial charge in [-0.05, 0) is 19.3 Å². The van der Waals surface area contributed by atoms with Gasteiger partial charge in [-0.1, -0.05) is 19.8 Å². The Morgan fingerprint density at radius 2 is 2.24 bits per heavy atom. The third kappa shape index (κ3) is 2.87. The van der Waals surface area contributed by atoms with E-state index in [0.29, 0.717) is 12.2 Å². The Labute approximate surface area is 102 Å². The van der Waals surface area contributed by atoms with E-state index in [-0.39, 0.29) is 11.3 Å². The number of sulfonamides is 1. The molecule has 96 valence electrons. The number of nitrogens with zero attached hydrogens (tertiary/aromatic N) is 1. The van der Waals surface area contributed by atoms with Gasteiger partial charge in [0.15, 0.2) is 0 Å². The van der Waals surface area contributed by atoms with E-state index in [2.05, 4.69) is 14.7 Å². The number of rotatable bonds is 5. The molecule has 6 heteroatoms. The number of aromatic nitrogens is 2. The summed E-state index contributed by atoms with van der Waals surface area (Å²) in [6.45, 7) is 1.95. The molecule has 2 N–H and O–H groups in total. The van der Waals surface area contributed by atoms with Crippen LogP contribution >= 0.6 is 0 Å². The van der Waals surface area contributed by atoms with Gasteiger partial charge in [0.05, 0.1) is 11.3 Å². The smallest absolute Gasteiger partial charge is 0.215 e. The Balaban J connectivity index is 2.08. The van der Waals surface area contributed by atoms with Crippen molar-refractivity contribution in [3.63, 3.8) is 0 Å². The van der Waals surface area contributed by atoms with Gasteiger partial charge in [0.1, 0.15) is 5.82 Å². The van der Waals surface area contributed by atoms with Gasteiger partial charge in [-0.15, -0.1) is 0 Å². The van der Waals surface area contributed by atoms with E-state index in [1.165, 1.54) is 0 Å². The highest BCUT2D eigenvalue weighted by Crippen LogP contribution is 2.25. The second-order valence-electron chi connectivity index (χ2n) is 4.50. The Morgan fingerprint density at radius 3 is 2.76 bits per heavy atom. The zero-order valence-corrected chi connectivity index (χ0v) is 10.8. The van der Waals surface area contributed by atoms with E-state index >= 15 is 0 Å². The molecule has 0 bridgehead atoms. The van der Waals surface area contributed by atoms with Crippen molar-refractivity contribution in [1.82, 2.24) is 14.7 Å². The maximum absolute atomic E-state index is 12.1. The van der Waals surface area contributed by atoms with Gasteiger partial charge in [-0.25, -0.2) is 18.1 Å². The molecule has 17 heavy (non-hydrogen) atoms. The number of hydrogen-bond acceptors (Lipinski definition) is 3. The Morgan fingerprint density at radius 1 is 1.53 bits per heavy atom. The fourth-order valence-electron chi connectivity index (χ4n) is 2.29. The standard InChI is InChI=1S/C11H19N3O2S/c1-2-10(11-12-7-8-13-11)14-17(15,16)9-5-3-4-6-9/h7-10,14H,2-6H2,1H3,(H,12,13). The van der Waals surface area contributed by atoms with Gasteiger partial charge in [-0.3, -0.25) is 0 Å². The number of hydrogen-bond donors (Lipinski definition) is 2. The highest BCUT2D eigenvalue weighted by atomic mass is 32.2. The van der Waals surface area contributed by atoms with E-state index in [1.54, 1.807) is 12.4 Å². The van der Waals surface area contributed by atoms with Crippen molar-refractivity contribution in [3.8, 4) is 0 Å². The SMILES string of the molecule is CCC(NS(=O)(=O)C1CCCC1)c1ncc[nH]1. The predicted octanol–water partition coefficient (Wildman–Crippen LogP) is 1.72. The summed E-state index contributed by atoms with van der Waals surface area (Å²) in [6.07, 6.45) is 7.64. The molecule has 1 aliphatic carbocycles. The highest BCUT2D eigenvalue weighted by Gasteiger charge is 2.31. The lowest BCUT2D eigenvalue weighted by Gasteiger charge is -2.18. The topological polar surface area (TPSA) is 74.8 Å². The first-order chi connectivity index (χ1) is 8.13. The monoisotopic (exact) mass is 257 g/mol. The number of nitrogens with one attached hydrogen (secondary N) is 2. The minimum Gasteiger partial charge on any atom is -0.347 e. The van der Waals surface area contributed by atoms with Gasteiger partial charge in [0.25, 0.3) is 0 Å². The molecule has 0 amide bonds. The fraction of sp³-hybridized carbons (Fsp3) is 0.727. The summed E-state index contributed by atoms with van der Waals surface area (Å²) in [4.78, 5) is 7.08. The largest absolute Gasteiger partial charge is 0.347 e. The lowest BCUT2D eigenvalue weighted by molar-refractivity contribution is 0.526. The van der Waals surface area contributed by atoms with E-state index in [9.17, 15) is 8.42 Å². The predicted molar refractivity (Wildman–Crippen MR) is 65.9 cm³/mol. The molecule has 1 aliphatic rings. The van der Waals surface area contributed by atoms with Crippen molar-refractivity contribution < 1.29 is 8.42 Å². The molecule has 0 aliphatic heterocycles. The number of H-pyrrole nitrogens is 1. The molecule has 0 aromatic carbocycles. The number of aromatic amines is 1. The van der Waals surface area contributed by atoms with Crippen LogP contribution in [0.3, 0.4) is 0 Å². The van der Waals surface area contributed by atoms with Gasteiger partial charge in [0.2, 0.25) is 10.0 Å². The van der Waals surface area contributed by atoms with Gasteiger partial charge < -0.3 is 4.98 Å². The third-order valence-corrected chi connectivity index (χ3v) is 5.27. The van der Waals surface area contributed by atoms with Crippen LogP contribution in [-0.4, -0.2) is 23.6 Å². The molecule has 1 unspecified atom stereocenters. The molecular weight excluding hydrogens is 238 g/mol. The van der Waals surface area contributed by atoms with Crippen molar-refractivity contribution in [3.05, 3.63) is 18.2 Å². The van der Waals surface area contributed by atoms with Crippen LogP contribution in [-0.2, 0) is 10.0 Å². The van der Waals surface area contributed by atoms with Gasteiger partial charge in [0, 0.05) is 12.4 Å². The lowest BCUT2D eigenvalue weighted by Crippen LogP contribution is -2.35. The van der Waals surface area contributed by atoms with Crippen LogP contribution in [0.25, 0.3) is 0 Å². The molecule has 1 atom stereocenters. The molecule has 1 aromatic heterocycles. The maximum Gasteiger partial charge on any atom is 0.215 e. The molecule has 0 spiro atoms. The van der Waals surface area contributed by atoms with Crippen molar-refractivity contribution in [2.45, 2.75) is 50.3 Å². The molecule has 1 aromatic rings. The van der Waals surface area contributed by atoms with Crippen LogP contribution in [0, 0.1) is 0 Å². The van der Waals surface area contributed by atoms with Crippen LogP contribution in [0.2, 0.25) is 0 Å². The van der Waals surface area contributed by atoms with Crippen molar-refractivity contribution >= 4 is 10.0 Å². The molecule has 2 rings (SSSR count). The first-order valence-electron chi connectivity index (χ1n) is 6.14. The summed E-state index contributed by atoms with van der Waals surface area (Å²) in [5.74, 6) is 0.689. The highest BCUT2D eigenvalue weighted by molar-refractivity contribution is 7.90. The molecule has 0 radical (unpaired) electrons. The second-order valence-corrected chi connectivity index (χ2v) is 6.50. The van der Waals surface area contributed by atoms with Gasteiger partial charge in [-0.2, -0.15) is 0 Å². The average molecular weight is 257 g/mol. The maximum atomic E-state index is 12.1. The Bertz CT molecular complexity index is 435. The molecule has 1 saturated carbocycles. The molecule has 1 heterocycles. The van der Waals surface area contributed by atoms with E-state index in [0.717, 1.165) is 25.7 Å². The Hall–Kier alpha value is -0.880. The van der Waals surface area contributed by atoms with Crippen LogP contribution < -0.4 is 4.72 Å². The number of imidazole rings is 1. The summed E-state index contributed by atoms with van der Waals surface area (Å²) < 4.78 is 27.1. The average Bonchev–Trinajstić information content (AvgIpc) is 2.97. The minimum atomic E-state index is -3.21. The quantitative estimate of drug-likeness (QED) is 0.843. The zero-order valence-electron chi connectivity index (χ0n) is 10.0. The van der Waals surface area contributed by atoms with Gasteiger partial charge >= 0.3 is 0 Å². The van der Waals surface area contributed by atoms with E-state index < -0.39 is 10.0 Å². The molecule has 0 saturated heterocycles. The first-order valence-corrected chi connectivity index (χ1v) is 7.68. The fourth-order valence-corrected chi connectivity index (χ4v) is 4.11. The summed E-state index contributed by atoms with van der Waals surface area (Å²) in [6, 6.07) is -0.240. The lowest BCUT2D eigenvalue weighted by atomic mass is 10.2. The Kier molecular flexibility index (Phi) is 3.83. The summed E-state index contributed by atoms with van der Waals surface area (Å²) in [5, 5.41) is -0.216. The summed E-state index contributed by atoms with van der Waals surface area (Å²) in [5.41, 5.74) is 0. The molecular formula is C11H19N3O2S. The van der Waals surface area contributed by atoms with Crippen molar-refractivity contribution in [2.24, 2.45) is 0 Å². The van der Waals surface area contributed by atoms with Crippen molar-refractivity contribution in [1.29, 1.82) is 0 Å². The summed E-state index contributed by atoms with van der Waals surface area (Å²) in [7, 11) is -3.21. The van der Waals surface area contributed by atoms with Crippen LogP contribution in [0.15, 0.2) is 12.4 Å². The zero-order chi connectivity index (χ0) is 12.3. The van der Waals surface area contributed by atoms with E-state index in [1.807, 2.05) is 6.92 Å². The first kappa shape index (κ1) is 12.6. The van der Waals surface area contributed by atoms with E-state index in [4.69, 9.17) is 0 Å². The van der Waals surface area contributed by atoms with Crippen LogP contribution in [0.4, 0.5) is 0 Å². The summed E-state index contributed by atoms with van der Waals surface area (Å²) >= 11 is 0. The normalized spacial score (nSPS) is 19.6. The van der Waals surface area contributed by atoms with Crippen LogP contribution in [0.5, 0.6) is 0 Å². The molecule has 1 fully saturated rings. The van der Waals surface area contributed by atoms with Crippen LogP contribution in [0.1, 0.15) is 50.9 Å².